The van der Waals surface area contributed by atoms with Gasteiger partial charge in [0.1, 0.15) is 0 Å². The number of likely N-dealkylation sites (tertiary alicyclic amines) is 1. The molecule has 1 N–H and O–H groups in total. The van der Waals surface area contributed by atoms with E-state index in [1.165, 1.54) is 12.0 Å². The minimum Gasteiger partial charge on any atom is -0.343 e. The summed E-state index contributed by atoms with van der Waals surface area (Å²) in [5.41, 5.74) is 2.11. The molecule has 0 radical (unpaired) electrons. The first-order valence-corrected chi connectivity index (χ1v) is 10.2. The fourth-order valence-corrected chi connectivity index (χ4v) is 4.17. The van der Waals surface area contributed by atoms with Gasteiger partial charge in [0, 0.05) is 37.0 Å². The number of nitrogens with zero attached hydrogens (tertiary/aromatic N) is 1. The molecule has 2 heterocycles. The zero-order chi connectivity index (χ0) is 18.5. The minimum atomic E-state index is 0.0552. The molecule has 0 spiro atoms. The summed E-state index contributed by atoms with van der Waals surface area (Å²) in [6, 6.07) is 8.47. The van der Waals surface area contributed by atoms with Gasteiger partial charge in [0.25, 0.3) is 0 Å². The van der Waals surface area contributed by atoms with Crippen molar-refractivity contribution in [2.75, 3.05) is 19.6 Å². The summed E-state index contributed by atoms with van der Waals surface area (Å²) in [5, 5.41) is 3.39. The van der Waals surface area contributed by atoms with E-state index >= 15 is 0 Å². The summed E-state index contributed by atoms with van der Waals surface area (Å²) in [7, 11) is 0. The lowest BCUT2D eigenvalue weighted by atomic mass is 9.88. The lowest BCUT2D eigenvalue weighted by molar-refractivity contribution is -0.132. The molecule has 1 aromatic rings. The van der Waals surface area contributed by atoms with Crippen LogP contribution in [0.1, 0.15) is 61.9 Å². The summed E-state index contributed by atoms with van der Waals surface area (Å²) in [6.45, 7) is 6.87. The molecule has 2 aliphatic heterocycles. The molecular formula is C22H32N2O2. The van der Waals surface area contributed by atoms with E-state index in [9.17, 15) is 9.59 Å². The van der Waals surface area contributed by atoms with E-state index in [-0.39, 0.29) is 17.6 Å². The number of rotatable bonds is 6. The second-order valence-electron chi connectivity index (χ2n) is 8.31. The number of carbonyl (C=O) groups is 2. The fourth-order valence-electron chi connectivity index (χ4n) is 4.17. The Labute approximate surface area is 157 Å². The zero-order valence-corrected chi connectivity index (χ0v) is 16.2. The van der Waals surface area contributed by atoms with Gasteiger partial charge in [0.15, 0.2) is 5.78 Å². The van der Waals surface area contributed by atoms with Gasteiger partial charge in [-0.1, -0.05) is 38.1 Å². The molecule has 1 aromatic carbocycles. The second-order valence-corrected chi connectivity index (χ2v) is 8.31. The number of carbonyl (C=O) groups excluding carboxylic acids is 2. The summed E-state index contributed by atoms with van der Waals surface area (Å²) >= 11 is 0. The molecule has 3 rings (SSSR count). The number of hydrogen-bond donors (Lipinski definition) is 1. The van der Waals surface area contributed by atoms with Crippen LogP contribution in [0.25, 0.3) is 0 Å². The van der Waals surface area contributed by atoms with Crippen molar-refractivity contribution < 1.29 is 9.59 Å². The average molecular weight is 357 g/mol. The van der Waals surface area contributed by atoms with Crippen LogP contribution in [-0.4, -0.2) is 42.3 Å². The summed E-state index contributed by atoms with van der Waals surface area (Å²) in [4.78, 5) is 27.2. The summed E-state index contributed by atoms with van der Waals surface area (Å²) in [6.07, 6.45) is 5.51. The van der Waals surface area contributed by atoms with E-state index in [0.717, 1.165) is 37.8 Å². The quantitative estimate of drug-likeness (QED) is 0.794. The first-order valence-electron chi connectivity index (χ1n) is 10.2. The number of piperidine rings is 1. The van der Waals surface area contributed by atoms with Gasteiger partial charge in [0.05, 0.1) is 0 Å². The third-order valence-corrected chi connectivity index (χ3v) is 5.68. The van der Waals surface area contributed by atoms with Crippen molar-refractivity contribution in [2.24, 2.45) is 11.8 Å². The number of ketones is 1. The van der Waals surface area contributed by atoms with E-state index in [0.29, 0.717) is 31.5 Å². The van der Waals surface area contributed by atoms with Crippen molar-refractivity contribution in [3.05, 3.63) is 35.4 Å². The van der Waals surface area contributed by atoms with Crippen LogP contribution in [0.2, 0.25) is 0 Å². The SMILES string of the molecule is CC(C)Cc1ccc(C(=O)C2CCN(C(=O)CC3CCCN3)CC2)cc1. The number of hydrogen-bond acceptors (Lipinski definition) is 3. The smallest absolute Gasteiger partial charge is 0.224 e. The van der Waals surface area contributed by atoms with Crippen LogP contribution in [0.15, 0.2) is 24.3 Å². The van der Waals surface area contributed by atoms with Crippen LogP contribution >= 0.6 is 0 Å². The topological polar surface area (TPSA) is 49.4 Å². The maximum absolute atomic E-state index is 12.8. The normalized spacial score (nSPS) is 21.3. The molecule has 4 heteroatoms. The fraction of sp³-hybridized carbons (Fsp3) is 0.636. The van der Waals surface area contributed by atoms with Gasteiger partial charge in [-0.05, 0) is 50.1 Å². The van der Waals surface area contributed by atoms with Crippen molar-refractivity contribution in [1.29, 1.82) is 0 Å². The Morgan fingerprint density at radius 3 is 2.38 bits per heavy atom. The van der Waals surface area contributed by atoms with Crippen molar-refractivity contribution in [1.82, 2.24) is 10.2 Å². The summed E-state index contributed by atoms with van der Waals surface area (Å²) < 4.78 is 0. The summed E-state index contributed by atoms with van der Waals surface area (Å²) in [5.74, 6) is 1.16. The van der Waals surface area contributed by atoms with Crippen molar-refractivity contribution in [3.63, 3.8) is 0 Å². The van der Waals surface area contributed by atoms with E-state index < -0.39 is 0 Å². The predicted molar refractivity (Wildman–Crippen MR) is 104 cm³/mol. The number of Topliss-reactive ketones (excluding diaryl/α,β-unsaturated/α-hetero) is 1. The molecule has 2 fully saturated rings. The molecule has 26 heavy (non-hydrogen) atoms. The second kappa shape index (κ2) is 8.81. The zero-order valence-electron chi connectivity index (χ0n) is 16.2. The molecule has 2 saturated heterocycles. The van der Waals surface area contributed by atoms with Gasteiger partial charge >= 0.3 is 0 Å². The third kappa shape index (κ3) is 4.94. The van der Waals surface area contributed by atoms with Crippen LogP contribution in [0.3, 0.4) is 0 Å². The molecule has 1 unspecified atom stereocenters. The van der Waals surface area contributed by atoms with Crippen molar-refractivity contribution in [3.8, 4) is 0 Å². The monoisotopic (exact) mass is 356 g/mol. The molecule has 142 valence electrons. The Hall–Kier alpha value is -1.68. The van der Waals surface area contributed by atoms with Crippen LogP contribution in [-0.2, 0) is 11.2 Å². The van der Waals surface area contributed by atoms with Crippen molar-refractivity contribution in [2.45, 2.75) is 58.4 Å². The highest BCUT2D eigenvalue weighted by atomic mass is 16.2. The molecule has 0 aliphatic carbocycles. The van der Waals surface area contributed by atoms with Gasteiger partial charge < -0.3 is 10.2 Å². The Bertz CT molecular complexity index is 610. The van der Waals surface area contributed by atoms with Gasteiger partial charge in [-0.3, -0.25) is 9.59 Å². The molecule has 1 amide bonds. The van der Waals surface area contributed by atoms with Crippen LogP contribution in [0.4, 0.5) is 0 Å². The van der Waals surface area contributed by atoms with E-state index in [1.807, 2.05) is 17.0 Å². The first kappa shape index (κ1) is 19.1. The predicted octanol–water partition coefficient (Wildman–Crippen LogP) is 3.45. The Balaban J connectivity index is 1.49. The van der Waals surface area contributed by atoms with E-state index in [2.05, 4.69) is 31.3 Å². The highest BCUT2D eigenvalue weighted by molar-refractivity contribution is 5.98. The molecule has 4 nitrogen and oxygen atoms in total. The lowest BCUT2D eigenvalue weighted by Gasteiger charge is -2.32. The van der Waals surface area contributed by atoms with Crippen LogP contribution in [0, 0.1) is 11.8 Å². The average Bonchev–Trinajstić information content (AvgIpc) is 3.14. The maximum Gasteiger partial charge on any atom is 0.224 e. The lowest BCUT2D eigenvalue weighted by Crippen LogP contribution is -2.42. The number of nitrogens with one attached hydrogen (secondary N) is 1. The van der Waals surface area contributed by atoms with Gasteiger partial charge in [0.2, 0.25) is 5.91 Å². The molecular weight excluding hydrogens is 324 g/mol. The highest BCUT2D eigenvalue weighted by Gasteiger charge is 2.29. The van der Waals surface area contributed by atoms with Crippen LogP contribution in [0.5, 0.6) is 0 Å². The van der Waals surface area contributed by atoms with E-state index in [4.69, 9.17) is 0 Å². The largest absolute Gasteiger partial charge is 0.343 e. The molecule has 1 atom stereocenters. The van der Waals surface area contributed by atoms with Crippen LogP contribution < -0.4 is 5.32 Å². The molecule has 0 bridgehead atoms. The number of amides is 1. The minimum absolute atomic E-state index is 0.0552. The molecule has 0 saturated carbocycles. The Morgan fingerprint density at radius 2 is 1.81 bits per heavy atom. The highest BCUT2D eigenvalue weighted by Crippen LogP contribution is 2.23. The molecule has 2 aliphatic rings. The maximum atomic E-state index is 12.8. The standard InChI is InChI=1S/C22H32N2O2/c1-16(2)14-17-5-7-18(8-6-17)22(26)19-9-12-24(13-10-19)21(25)15-20-4-3-11-23-20/h5-8,16,19-20,23H,3-4,9-15H2,1-2H3. The van der Waals surface area contributed by atoms with E-state index in [1.54, 1.807) is 0 Å². The van der Waals surface area contributed by atoms with Gasteiger partial charge in [-0.2, -0.15) is 0 Å². The Morgan fingerprint density at radius 1 is 1.12 bits per heavy atom. The first-order chi connectivity index (χ1) is 12.5. The van der Waals surface area contributed by atoms with Gasteiger partial charge in [-0.25, -0.2) is 0 Å². The Kier molecular flexibility index (Phi) is 6.47. The number of benzene rings is 1. The molecule has 0 aromatic heterocycles. The third-order valence-electron chi connectivity index (χ3n) is 5.68. The van der Waals surface area contributed by atoms with Crippen molar-refractivity contribution >= 4 is 11.7 Å². The van der Waals surface area contributed by atoms with Gasteiger partial charge in [-0.15, -0.1) is 0 Å².